The SMILES string of the molecule is CCCCCC/C=C\C/C=C\CCCCCCCCCC(=O)OCCCCCCCCCCCCCCCCC(=O)NC(CO)C(O)/C=C/CCCCCCCCCCCCCCCCCCCCCC. The van der Waals surface area contributed by atoms with Crippen molar-refractivity contribution >= 4 is 11.9 Å². The number of carbonyl (C=O) groups is 2. The van der Waals surface area contributed by atoms with Gasteiger partial charge in [0.2, 0.25) is 5.91 Å². The third-order valence-electron chi connectivity index (χ3n) is 14.7. The number of amides is 1. The van der Waals surface area contributed by atoms with Gasteiger partial charge in [0.1, 0.15) is 0 Å². The quantitative estimate of drug-likeness (QED) is 0.0321. The predicted molar refractivity (Wildman–Crippen MR) is 310 cm³/mol. The topological polar surface area (TPSA) is 95.9 Å². The molecule has 2 unspecified atom stereocenters. The van der Waals surface area contributed by atoms with Crippen molar-refractivity contribution in [1.82, 2.24) is 5.32 Å². The molecule has 3 N–H and O–H groups in total. The largest absolute Gasteiger partial charge is 0.466 e. The van der Waals surface area contributed by atoms with E-state index in [-0.39, 0.29) is 18.5 Å². The Balaban J connectivity index is 3.47. The van der Waals surface area contributed by atoms with Crippen LogP contribution in [-0.2, 0) is 14.3 Å². The summed E-state index contributed by atoms with van der Waals surface area (Å²) in [6.07, 6.45) is 76.0. The number of aliphatic hydroxyl groups excluding tert-OH is 2. The van der Waals surface area contributed by atoms with E-state index < -0.39 is 12.1 Å². The molecule has 0 aromatic rings. The zero-order chi connectivity index (χ0) is 51.4. The number of unbranched alkanes of at least 4 members (excludes halogenated alkanes) is 44. The summed E-state index contributed by atoms with van der Waals surface area (Å²) < 4.78 is 5.48. The fourth-order valence-corrected chi connectivity index (χ4v) is 9.78. The van der Waals surface area contributed by atoms with E-state index in [2.05, 4.69) is 43.5 Å². The van der Waals surface area contributed by atoms with Gasteiger partial charge < -0.3 is 20.3 Å². The molecule has 2 atom stereocenters. The number of allylic oxidation sites excluding steroid dienone is 5. The second-order valence-electron chi connectivity index (χ2n) is 21.7. The highest BCUT2D eigenvalue weighted by Gasteiger charge is 2.18. The van der Waals surface area contributed by atoms with E-state index in [1.807, 2.05) is 6.08 Å². The van der Waals surface area contributed by atoms with Crippen molar-refractivity contribution in [2.75, 3.05) is 13.2 Å². The van der Waals surface area contributed by atoms with Crippen LogP contribution in [0.25, 0.3) is 0 Å². The standard InChI is InChI=1S/C65H123NO5/c1-3-5-7-9-11-13-15-17-19-21-23-24-25-26-27-29-33-37-41-45-49-53-57-63(68)62(61-67)66-64(69)58-54-50-46-42-38-34-31-32-36-40-44-48-52-56-60-71-65(70)59-55-51-47-43-39-35-30-28-22-20-18-16-14-12-10-8-6-4-2/h14,16,20,22,53,57,62-63,67-68H,3-13,15,17-19,21,23-52,54-56,58-61H2,1-2H3,(H,66,69)/b16-14-,22-20-,57-53+. The Morgan fingerprint density at radius 2 is 0.704 bits per heavy atom. The van der Waals surface area contributed by atoms with Crippen molar-refractivity contribution in [3.63, 3.8) is 0 Å². The first kappa shape index (κ1) is 69.1. The highest BCUT2D eigenvalue weighted by atomic mass is 16.5. The first-order valence-electron chi connectivity index (χ1n) is 31.8. The van der Waals surface area contributed by atoms with Crippen LogP contribution in [0, 0.1) is 0 Å². The molecule has 0 bridgehead atoms. The van der Waals surface area contributed by atoms with Gasteiger partial charge in [-0.2, -0.15) is 0 Å². The molecule has 0 aromatic carbocycles. The molecule has 0 aliphatic heterocycles. The van der Waals surface area contributed by atoms with Crippen LogP contribution in [0.4, 0.5) is 0 Å². The van der Waals surface area contributed by atoms with E-state index in [0.717, 1.165) is 64.2 Å². The lowest BCUT2D eigenvalue weighted by Crippen LogP contribution is -2.45. The molecule has 71 heavy (non-hydrogen) atoms. The Morgan fingerprint density at radius 3 is 1.08 bits per heavy atom. The van der Waals surface area contributed by atoms with Crippen LogP contribution in [0.2, 0.25) is 0 Å². The van der Waals surface area contributed by atoms with Gasteiger partial charge in [-0.1, -0.05) is 301 Å². The maximum absolute atomic E-state index is 12.5. The molecule has 0 saturated carbocycles. The maximum atomic E-state index is 12.5. The van der Waals surface area contributed by atoms with E-state index >= 15 is 0 Å². The van der Waals surface area contributed by atoms with Crippen molar-refractivity contribution in [3.8, 4) is 0 Å². The lowest BCUT2D eigenvalue weighted by molar-refractivity contribution is -0.143. The number of rotatable bonds is 59. The maximum Gasteiger partial charge on any atom is 0.305 e. The molecular weight excluding hydrogens is 875 g/mol. The van der Waals surface area contributed by atoms with E-state index in [1.165, 1.54) is 250 Å². The van der Waals surface area contributed by atoms with Gasteiger partial charge in [0.25, 0.3) is 0 Å². The second kappa shape index (κ2) is 60.6. The molecular formula is C65H123NO5. The smallest absolute Gasteiger partial charge is 0.305 e. The molecule has 6 heteroatoms. The van der Waals surface area contributed by atoms with Crippen LogP contribution < -0.4 is 5.32 Å². The summed E-state index contributed by atoms with van der Waals surface area (Å²) in [5, 5.41) is 23.2. The summed E-state index contributed by atoms with van der Waals surface area (Å²) in [7, 11) is 0. The molecule has 0 radical (unpaired) electrons. The normalized spacial score (nSPS) is 12.8. The summed E-state index contributed by atoms with van der Waals surface area (Å²) in [5.74, 6) is -0.0862. The van der Waals surface area contributed by atoms with Crippen molar-refractivity contribution in [2.45, 2.75) is 353 Å². The average molecular weight is 999 g/mol. The lowest BCUT2D eigenvalue weighted by Gasteiger charge is -2.20. The third kappa shape index (κ3) is 57.2. The first-order valence-corrected chi connectivity index (χ1v) is 31.8. The van der Waals surface area contributed by atoms with Crippen LogP contribution >= 0.6 is 0 Å². The Bertz CT molecular complexity index is 1150. The number of hydrogen-bond donors (Lipinski definition) is 3. The molecule has 0 heterocycles. The highest BCUT2D eigenvalue weighted by Crippen LogP contribution is 2.17. The van der Waals surface area contributed by atoms with Gasteiger partial charge in [0.05, 0.1) is 25.4 Å². The van der Waals surface area contributed by atoms with Gasteiger partial charge in [-0.05, 0) is 64.2 Å². The number of ether oxygens (including phenoxy) is 1. The van der Waals surface area contributed by atoms with Gasteiger partial charge >= 0.3 is 5.97 Å². The minimum atomic E-state index is -0.854. The van der Waals surface area contributed by atoms with Crippen molar-refractivity contribution in [2.24, 2.45) is 0 Å². The number of hydrogen-bond acceptors (Lipinski definition) is 5. The predicted octanol–water partition coefficient (Wildman–Crippen LogP) is 20.0. The Hall–Kier alpha value is -1.92. The monoisotopic (exact) mass is 998 g/mol. The molecule has 6 nitrogen and oxygen atoms in total. The summed E-state index contributed by atoms with van der Waals surface area (Å²) >= 11 is 0. The van der Waals surface area contributed by atoms with E-state index in [1.54, 1.807) is 6.08 Å². The van der Waals surface area contributed by atoms with Crippen LogP contribution in [0.15, 0.2) is 36.5 Å². The molecule has 0 aromatic heterocycles. The minimum Gasteiger partial charge on any atom is -0.466 e. The van der Waals surface area contributed by atoms with Crippen LogP contribution in [0.1, 0.15) is 341 Å². The minimum absolute atomic E-state index is 0.0102. The first-order chi connectivity index (χ1) is 35.0. The number of aliphatic hydroxyl groups is 2. The van der Waals surface area contributed by atoms with Crippen LogP contribution in [0.5, 0.6) is 0 Å². The fraction of sp³-hybridized carbons (Fsp3) is 0.877. The van der Waals surface area contributed by atoms with Crippen molar-refractivity contribution in [3.05, 3.63) is 36.5 Å². The van der Waals surface area contributed by atoms with E-state index in [4.69, 9.17) is 4.74 Å². The molecule has 0 aliphatic rings. The molecule has 418 valence electrons. The van der Waals surface area contributed by atoms with E-state index in [0.29, 0.717) is 19.4 Å². The van der Waals surface area contributed by atoms with Crippen LogP contribution in [-0.4, -0.2) is 47.4 Å². The summed E-state index contributed by atoms with van der Waals surface area (Å²) in [4.78, 5) is 24.6. The highest BCUT2D eigenvalue weighted by molar-refractivity contribution is 5.76. The molecule has 0 fully saturated rings. The summed E-state index contributed by atoms with van der Waals surface area (Å²) in [5.41, 5.74) is 0. The average Bonchev–Trinajstić information content (AvgIpc) is 3.37. The van der Waals surface area contributed by atoms with Gasteiger partial charge in [-0.25, -0.2) is 0 Å². The Labute approximate surface area is 443 Å². The number of carbonyl (C=O) groups excluding carboxylic acids is 2. The zero-order valence-corrected chi connectivity index (χ0v) is 47.7. The third-order valence-corrected chi connectivity index (χ3v) is 14.7. The molecule has 0 aliphatic carbocycles. The van der Waals surface area contributed by atoms with Crippen molar-refractivity contribution in [1.29, 1.82) is 0 Å². The van der Waals surface area contributed by atoms with Gasteiger partial charge in [-0.15, -0.1) is 0 Å². The molecule has 1 amide bonds. The van der Waals surface area contributed by atoms with E-state index in [9.17, 15) is 19.8 Å². The van der Waals surface area contributed by atoms with Gasteiger partial charge in [0, 0.05) is 12.8 Å². The number of nitrogens with one attached hydrogen (secondary N) is 1. The lowest BCUT2D eigenvalue weighted by atomic mass is 10.0. The number of esters is 1. The van der Waals surface area contributed by atoms with Crippen molar-refractivity contribution < 1.29 is 24.5 Å². The summed E-state index contributed by atoms with van der Waals surface area (Å²) in [6.45, 7) is 4.88. The Kier molecular flexibility index (Phi) is 59.0. The zero-order valence-electron chi connectivity index (χ0n) is 47.7. The Morgan fingerprint density at radius 1 is 0.394 bits per heavy atom. The fourth-order valence-electron chi connectivity index (χ4n) is 9.78. The molecule has 0 saturated heterocycles. The second-order valence-corrected chi connectivity index (χ2v) is 21.7. The van der Waals surface area contributed by atoms with Gasteiger partial charge in [0.15, 0.2) is 0 Å². The summed E-state index contributed by atoms with van der Waals surface area (Å²) in [6, 6.07) is -0.638. The molecule has 0 rings (SSSR count). The van der Waals surface area contributed by atoms with Gasteiger partial charge in [-0.3, -0.25) is 9.59 Å². The molecule has 0 spiro atoms. The van der Waals surface area contributed by atoms with Crippen LogP contribution in [0.3, 0.4) is 0 Å².